The topological polar surface area (TPSA) is 33.1 Å². The maximum absolute atomic E-state index is 12.7. The lowest BCUT2D eigenvalue weighted by Gasteiger charge is -1.97. The fraction of sp³-hybridized carbons (Fsp3) is 0.167. The van der Waals surface area contributed by atoms with Gasteiger partial charge in [0.2, 0.25) is 0 Å². The number of hydrogen-bond acceptors (Lipinski definition) is 2. The second-order valence-electron chi connectivity index (χ2n) is 1.73. The molecule has 0 saturated heterocycles. The van der Waals surface area contributed by atoms with Gasteiger partial charge in [-0.2, -0.15) is 0 Å². The maximum Gasteiger partial charge on any atom is 0.161 e. The van der Waals surface area contributed by atoms with Crippen LogP contribution in [-0.2, 0) is 6.61 Å². The third-order valence-corrected chi connectivity index (χ3v) is 1.65. The van der Waals surface area contributed by atoms with Crippen molar-refractivity contribution in [3.63, 3.8) is 0 Å². The largest absolute Gasteiger partial charge is 0.392 e. The highest BCUT2D eigenvalue weighted by Gasteiger charge is 2.04. The van der Waals surface area contributed by atoms with Crippen molar-refractivity contribution < 1.29 is 9.50 Å². The molecule has 54 valence electrons. The lowest BCUT2D eigenvalue weighted by atomic mass is 10.3. The van der Waals surface area contributed by atoms with E-state index in [4.69, 9.17) is 5.11 Å². The van der Waals surface area contributed by atoms with Crippen LogP contribution in [0.2, 0.25) is 0 Å². The molecule has 0 aliphatic heterocycles. The molecule has 0 fully saturated rings. The Balaban J connectivity index is 3.14. The minimum atomic E-state index is -0.495. The first-order valence-corrected chi connectivity index (χ1v) is 3.44. The van der Waals surface area contributed by atoms with E-state index in [0.29, 0.717) is 0 Å². The molecule has 0 aliphatic carbocycles. The minimum absolute atomic E-state index is 0.138. The number of halogens is 2. The summed E-state index contributed by atoms with van der Waals surface area (Å²) in [7, 11) is 0. The Hall–Kier alpha value is -0.480. The van der Waals surface area contributed by atoms with Crippen molar-refractivity contribution in [1.82, 2.24) is 4.98 Å². The molecule has 0 amide bonds. The summed E-state index contributed by atoms with van der Waals surface area (Å²) in [5.41, 5.74) is 0.252. The molecule has 4 heteroatoms. The second kappa shape index (κ2) is 3.07. The summed E-state index contributed by atoms with van der Waals surface area (Å²) in [6.07, 6.45) is 1.43. The maximum atomic E-state index is 12.7. The molecule has 0 unspecified atom stereocenters. The molecular formula is C6H5BrFNO. The van der Waals surface area contributed by atoms with Crippen molar-refractivity contribution in [2.75, 3.05) is 0 Å². The predicted octanol–water partition coefficient (Wildman–Crippen LogP) is 1.48. The van der Waals surface area contributed by atoms with Crippen molar-refractivity contribution in [2.45, 2.75) is 6.61 Å². The number of rotatable bonds is 1. The molecular weight excluding hydrogens is 201 g/mol. The second-order valence-corrected chi connectivity index (χ2v) is 2.48. The van der Waals surface area contributed by atoms with E-state index >= 15 is 0 Å². The van der Waals surface area contributed by atoms with E-state index in [1.807, 2.05) is 0 Å². The molecule has 0 spiro atoms. The van der Waals surface area contributed by atoms with Gasteiger partial charge in [0.25, 0.3) is 0 Å². The van der Waals surface area contributed by atoms with Crippen molar-refractivity contribution in [3.05, 3.63) is 28.2 Å². The Morgan fingerprint density at radius 3 is 2.90 bits per heavy atom. The molecule has 10 heavy (non-hydrogen) atoms. The smallest absolute Gasteiger partial charge is 0.161 e. The van der Waals surface area contributed by atoms with Crippen LogP contribution in [0.15, 0.2) is 16.9 Å². The predicted molar refractivity (Wildman–Crippen MR) is 37.8 cm³/mol. The van der Waals surface area contributed by atoms with Crippen molar-refractivity contribution >= 4 is 15.9 Å². The minimum Gasteiger partial charge on any atom is -0.392 e. The van der Waals surface area contributed by atoms with Gasteiger partial charge < -0.3 is 5.11 Å². The SMILES string of the molecule is OCc1ccnc(Br)c1F. The fourth-order valence-electron chi connectivity index (χ4n) is 0.577. The van der Waals surface area contributed by atoms with Gasteiger partial charge in [-0.3, -0.25) is 0 Å². The molecule has 0 saturated carbocycles. The summed E-state index contributed by atoms with van der Waals surface area (Å²) in [6.45, 7) is -0.299. The molecule has 0 radical (unpaired) electrons. The van der Waals surface area contributed by atoms with Crippen LogP contribution in [0.4, 0.5) is 4.39 Å². The summed E-state index contributed by atoms with van der Waals surface area (Å²) in [5.74, 6) is -0.495. The van der Waals surface area contributed by atoms with Crippen LogP contribution in [0, 0.1) is 5.82 Å². The van der Waals surface area contributed by atoms with E-state index < -0.39 is 5.82 Å². The lowest BCUT2D eigenvalue weighted by Crippen LogP contribution is -1.91. The zero-order chi connectivity index (χ0) is 7.56. The fourth-order valence-corrected chi connectivity index (χ4v) is 0.950. The van der Waals surface area contributed by atoms with Gasteiger partial charge in [0.05, 0.1) is 6.61 Å². The molecule has 1 rings (SSSR count). The first-order valence-electron chi connectivity index (χ1n) is 2.65. The molecule has 0 atom stereocenters. The summed E-state index contributed by atoms with van der Waals surface area (Å²) in [5, 5.41) is 8.55. The zero-order valence-corrected chi connectivity index (χ0v) is 6.60. The van der Waals surface area contributed by atoms with Gasteiger partial charge in [0, 0.05) is 11.8 Å². The number of nitrogens with zero attached hydrogens (tertiary/aromatic N) is 1. The molecule has 1 heterocycles. The average molecular weight is 206 g/mol. The van der Waals surface area contributed by atoms with Crippen molar-refractivity contribution in [3.8, 4) is 0 Å². The van der Waals surface area contributed by atoms with Crippen LogP contribution < -0.4 is 0 Å². The van der Waals surface area contributed by atoms with Crippen molar-refractivity contribution in [1.29, 1.82) is 0 Å². The molecule has 1 aromatic rings. The molecule has 2 nitrogen and oxygen atoms in total. The molecule has 0 bridgehead atoms. The lowest BCUT2D eigenvalue weighted by molar-refractivity contribution is 0.275. The third-order valence-electron chi connectivity index (χ3n) is 1.10. The van der Waals surface area contributed by atoms with E-state index in [1.165, 1.54) is 12.3 Å². The number of hydrogen-bond donors (Lipinski definition) is 1. The highest BCUT2D eigenvalue weighted by Crippen LogP contribution is 2.14. The van der Waals surface area contributed by atoms with E-state index in [0.717, 1.165) is 0 Å². The molecule has 0 aliphatic rings. The van der Waals surface area contributed by atoms with Gasteiger partial charge in [-0.15, -0.1) is 0 Å². The van der Waals surface area contributed by atoms with Crippen LogP contribution in [0.25, 0.3) is 0 Å². The monoisotopic (exact) mass is 205 g/mol. The Morgan fingerprint density at radius 2 is 2.40 bits per heavy atom. The molecule has 0 aromatic carbocycles. The summed E-state index contributed by atoms with van der Waals surface area (Å²) in [4.78, 5) is 3.62. The van der Waals surface area contributed by atoms with E-state index in [1.54, 1.807) is 0 Å². The van der Waals surface area contributed by atoms with Gasteiger partial charge in [0.1, 0.15) is 4.60 Å². The molecule has 1 N–H and O–H groups in total. The number of aromatic nitrogens is 1. The highest BCUT2D eigenvalue weighted by molar-refractivity contribution is 9.10. The van der Waals surface area contributed by atoms with Gasteiger partial charge in [-0.1, -0.05) is 0 Å². The number of aliphatic hydroxyl groups is 1. The van der Waals surface area contributed by atoms with Gasteiger partial charge >= 0.3 is 0 Å². The normalized spacial score (nSPS) is 9.90. The molecule has 1 aromatic heterocycles. The van der Waals surface area contributed by atoms with E-state index in [2.05, 4.69) is 20.9 Å². The van der Waals surface area contributed by atoms with Gasteiger partial charge in [0.15, 0.2) is 5.82 Å². The Bertz CT molecular complexity index is 241. The summed E-state index contributed by atoms with van der Waals surface area (Å²) in [6, 6.07) is 1.43. The quantitative estimate of drug-likeness (QED) is 0.705. The van der Waals surface area contributed by atoms with Gasteiger partial charge in [-0.05, 0) is 22.0 Å². The Morgan fingerprint density at radius 1 is 1.70 bits per heavy atom. The Kier molecular flexibility index (Phi) is 2.34. The first kappa shape index (κ1) is 7.63. The van der Waals surface area contributed by atoms with Crippen LogP contribution >= 0.6 is 15.9 Å². The van der Waals surface area contributed by atoms with Crippen LogP contribution in [0.5, 0.6) is 0 Å². The van der Waals surface area contributed by atoms with Crippen LogP contribution in [0.3, 0.4) is 0 Å². The summed E-state index contributed by atoms with van der Waals surface area (Å²) < 4.78 is 12.9. The number of pyridine rings is 1. The van der Waals surface area contributed by atoms with E-state index in [-0.39, 0.29) is 16.8 Å². The first-order chi connectivity index (χ1) is 4.75. The van der Waals surface area contributed by atoms with Crippen molar-refractivity contribution in [2.24, 2.45) is 0 Å². The zero-order valence-electron chi connectivity index (χ0n) is 5.01. The number of aliphatic hydroxyl groups excluding tert-OH is 1. The van der Waals surface area contributed by atoms with Crippen LogP contribution in [-0.4, -0.2) is 10.1 Å². The third kappa shape index (κ3) is 1.33. The standard InChI is InChI=1S/C6H5BrFNO/c7-6-5(8)4(3-10)1-2-9-6/h1-2,10H,3H2. The highest BCUT2D eigenvalue weighted by atomic mass is 79.9. The van der Waals surface area contributed by atoms with Gasteiger partial charge in [-0.25, -0.2) is 9.37 Å². The van der Waals surface area contributed by atoms with Crippen LogP contribution in [0.1, 0.15) is 5.56 Å². The average Bonchev–Trinajstić information content (AvgIpc) is 1.95. The van der Waals surface area contributed by atoms with E-state index in [9.17, 15) is 4.39 Å². The Labute approximate surface area is 65.8 Å². The summed E-state index contributed by atoms with van der Waals surface area (Å²) >= 11 is 2.89.